The summed E-state index contributed by atoms with van der Waals surface area (Å²) in [6.07, 6.45) is 0. The van der Waals surface area contributed by atoms with Gasteiger partial charge in [-0.15, -0.1) is 0 Å². The fourth-order valence-electron chi connectivity index (χ4n) is 1.93. The molecule has 3 heterocycles. The highest BCUT2D eigenvalue weighted by Crippen LogP contribution is 2.23. The van der Waals surface area contributed by atoms with Crippen LogP contribution in [0.5, 0.6) is 0 Å². The van der Waals surface area contributed by atoms with Gasteiger partial charge in [-0.1, -0.05) is 6.07 Å². The Kier molecular flexibility index (Phi) is 2.67. The molecule has 0 aliphatic carbocycles. The lowest BCUT2D eigenvalue weighted by atomic mass is 10.2. The Hall–Kier alpha value is -2.83. The van der Waals surface area contributed by atoms with Crippen molar-refractivity contribution in [2.24, 2.45) is 14.1 Å². The lowest BCUT2D eigenvalue weighted by Crippen LogP contribution is -1.97. The van der Waals surface area contributed by atoms with Crippen LogP contribution in [0.25, 0.3) is 22.8 Å². The van der Waals surface area contributed by atoms with Gasteiger partial charge in [0, 0.05) is 26.2 Å². The van der Waals surface area contributed by atoms with Gasteiger partial charge in [0.2, 0.25) is 0 Å². The van der Waals surface area contributed by atoms with Crippen LogP contribution in [0.15, 0.2) is 30.3 Å². The van der Waals surface area contributed by atoms with Gasteiger partial charge in [-0.05, 0) is 12.1 Å². The molecule has 3 aromatic rings. The highest BCUT2D eigenvalue weighted by molar-refractivity contribution is 5.64. The van der Waals surface area contributed by atoms with E-state index in [9.17, 15) is 0 Å². The molecule has 0 fully saturated rings. The maximum Gasteiger partial charge on any atom is 0.122 e. The lowest BCUT2D eigenvalue weighted by Gasteiger charge is -1.99. The van der Waals surface area contributed by atoms with Crippen LogP contribution >= 0.6 is 0 Å². The second kappa shape index (κ2) is 4.37. The van der Waals surface area contributed by atoms with E-state index in [1.165, 1.54) is 0 Å². The van der Waals surface area contributed by atoms with Gasteiger partial charge < -0.3 is 11.5 Å². The number of hydrogen-bond donors (Lipinski definition) is 2. The van der Waals surface area contributed by atoms with Gasteiger partial charge in [-0.25, -0.2) is 4.98 Å². The van der Waals surface area contributed by atoms with Gasteiger partial charge in [0.25, 0.3) is 0 Å². The van der Waals surface area contributed by atoms with E-state index in [0.717, 1.165) is 22.8 Å². The summed E-state index contributed by atoms with van der Waals surface area (Å²) in [4.78, 5) is 4.56. The van der Waals surface area contributed by atoms with E-state index < -0.39 is 0 Å². The highest BCUT2D eigenvalue weighted by atomic mass is 15.3. The number of nitrogens with zero attached hydrogens (tertiary/aromatic N) is 5. The van der Waals surface area contributed by atoms with Crippen molar-refractivity contribution in [2.45, 2.75) is 0 Å². The van der Waals surface area contributed by atoms with Crippen LogP contribution in [0.4, 0.5) is 11.6 Å². The Morgan fingerprint density at radius 2 is 1.25 bits per heavy atom. The zero-order valence-electron chi connectivity index (χ0n) is 11.3. The second-order valence-corrected chi connectivity index (χ2v) is 4.56. The molecule has 0 aromatic carbocycles. The Morgan fingerprint density at radius 3 is 1.60 bits per heavy atom. The summed E-state index contributed by atoms with van der Waals surface area (Å²) in [5.74, 6) is 1.18. The summed E-state index contributed by atoms with van der Waals surface area (Å²) < 4.78 is 3.23. The van der Waals surface area contributed by atoms with E-state index in [2.05, 4.69) is 15.2 Å². The van der Waals surface area contributed by atoms with Crippen molar-refractivity contribution in [3.05, 3.63) is 30.3 Å². The third-order valence-corrected chi connectivity index (χ3v) is 3.11. The Labute approximate surface area is 115 Å². The van der Waals surface area contributed by atoms with E-state index >= 15 is 0 Å². The number of nitrogen functional groups attached to an aromatic ring is 2. The van der Waals surface area contributed by atoms with Crippen LogP contribution in [-0.2, 0) is 14.1 Å². The van der Waals surface area contributed by atoms with Gasteiger partial charge in [0.05, 0.1) is 11.4 Å². The topological polar surface area (TPSA) is 101 Å². The van der Waals surface area contributed by atoms with Crippen LogP contribution in [-0.4, -0.2) is 24.5 Å². The van der Waals surface area contributed by atoms with E-state index in [0.29, 0.717) is 11.6 Å². The normalized spacial score (nSPS) is 10.9. The van der Waals surface area contributed by atoms with Crippen molar-refractivity contribution in [3.8, 4) is 22.8 Å². The Balaban J connectivity index is 2.05. The van der Waals surface area contributed by atoms with Gasteiger partial charge in [0.1, 0.15) is 23.0 Å². The van der Waals surface area contributed by atoms with Crippen molar-refractivity contribution in [1.29, 1.82) is 0 Å². The Bertz CT molecular complexity index is 668. The summed E-state index contributed by atoms with van der Waals surface area (Å²) in [6.45, 7) is 0. The van der Waals surface area contributed by atoms with E-state index in [-0.39, 0.29) is 0 Å². The van der Waals surface area contributed by atoms with Crippen molar-refractivity contribution < 1.29 is 0 Å². The monoisotopic (exact) mass is 269 g/mol. The van der Waals surface area contributed by atoms with Crippen LogP contribution < -0.4 is 11.5 Å². The largest absolute Gasteiger partial charge is 0.384 e. The third kappa shape index (κ3) is 1.99. The third-order valence-electron chi connectivity index (χ3n) is 3.11. The number of pyridine rings is 1. The average Bonchev–Trinajstić information content (AvgIpc) is 2.94. The van der Waals surface area contributed by atoms with E-state index in [4.69, 9.17) is 11.5 Å². The molecule has 7 heteroatoms. The quantitative estimate of drug-likeness (QED) is 0.724. The zero-order chi connectivity index (χ0) is 14.3. The predicted octanol–water partition coefficient (Wildman–Crippen LogP) is 1.05. The molecule has 102 valence electrons. The molecule has 0 spiro atoms. The molecule has 4 N–H and O–H groups in total. The molecular weight excluding hydrogens is 254 g/mol. The molecular formula is C13H15N7. The molecule has 0 saturated heterocycles. The summed E-state index contributed by atoms with van der Waals surface area (Å²) in [6, 6.07) is 9.26. The standard InChI is InChI=1S/C13H15N7/c1-19-12(14)6-10(17-19)8-4-3-5-9(16-8)11-7-13(15)20(2)18-11/h3-7H,14-15H2,1-2H3. The molecule has 0 unspecified atom stereocenters. The summed E-state index contributed by atoms with van der Waals surface area (Å²) >= 11 is 0. The zero-order valence-corrected chi connectivity index (χ0v) is 11.3. The second-order valence-electron chi connectivity index (χ2n) is 4.56. The SMILES string of the molecule is Cn1nc(-c2cccc(-c3cc(N)n(C)n3)n2)cc1N. The first-order valence-corrected chi connectivity index (χ1v) is 6.11. The predicted molar refractivity (Wildman–Crippen MR) is 77.5 cm³/mol. The van der Waals surface area contributed by atoms with E-state index in [1.54, 1.807) is 35.6 Å². The maximum atomic E-state index is 5.79. The van der Waals surface area contributed by atoms with Gasteiger partial charge in [-0.2, -0.15) is 10.2 Å². The van der Waals surface area contributed by atoms with Crippen molar-refractivity contribution in [2.75, 3.05) is 11.5 Å². The summed E-state index contributed by atoms with van der Waals surface area (Å²) in [7, 11) is 3.59. The molecule has 0 saturated carbocycles. The number of rotatable bonds is 2. The molecule has 0 aliphatic heterocycles. The number of hydrogen-bond acceptors (Lipinski definition) is 5. The van der Waals surface area contributed by atoms with Crippen LogP contribution in [0.1, 0.15) is 0 Å². The minimum absolute atomic E-state index is 0.592. The minimum atomic E-state index is 0.592. The number of aryl methyl sites for hydroxylation is 2. The van der Waals surface area contributed by atoms with E-state index in [1.807, 2.05) is 18.2 Å². The summed E-state index contributed by atoms with van der Waals surface area (Å²) in [5, 5.41) is 8.63. The van der Waals surface area contributed by atoms with Gasteiger partial charge in [-0.3, -0.25) is 9.36 Å². The molecule has 0 aliphatic rings. The lowest BCUT2D eigenvalue weighted by molar-refractivity contribution is 0.779. The maximum absolute atomic E-state index is 5.79. The van der Waals surface area contributed by atoms with Gasteiger partial charge in [0.15, 0.2) is 0 Å². The molecule has 0 radical (unpaired) electrons. The number of anilines is 2. The van der Waals surface area contributed by atoms with Crippen molar-refractivity contribution in [1.82, 2.24) is 24.5 Å². The first-order chi connectivity index (χ1) is 9.54. The number of aromatic nitrogens is 5. The molecule has 0 atom stereocenters. The van der Waals surface area contributed by atoms with Crippen molar-refractivity contribution in [3.63, 3.8) is 0 Å². The molecule has 3 rings (SSSR count). The van der Waals surface area contributed by atoms with Crippen LogP contribution in [0.3, 0.4) is 0 Å². The highest BCUT2D eigenvalue weighted by Gasteiger charge is 2.10. The smallest absolute Gasteiger partial charge is 0.122 e. The first-order valence-electron chi connectivity index (χ1n) is 6.11. The van der Waals surface area contributed by atoms with Crippen LogP contribution in [0.2, 0.25) is 0 Å². The minimum Gasteiger partial charge on any atom is -0.384 e. The summed E-state index contributed by atoms with van der Waals surface area (Å²) in [5.41, 5.74) is 14.5. The first kappa shape index (κ1) is 12.2. The molecule has 0 amide bonds. The molecule has 0 bridgehead atoms. The fourth-order valence-corrected chi connectivity index (χ4v) is 1.93. The average molecular weight is 269 g/mol. The van der Waals surface area contributed by atoms with Crippen molar-refractivity contribution >= 4 is 11.6 Å². The van der Waals surface area contributed by atoms with Crippen LogP contribution in [0, 0.1) is 0 Å². The molecule has 3 aromatic heterocycles. The number of nitrogens with two attached hydrogens (primary N) is 2. The Morgan fingerprint density at radius 1 is 0.800 bits per heavy atom. The fraction of sp³-hybridized carbons (Fsp3) is 0.154. The molecule has 20 heavy (non-hydrogen) atoms. The van der Waals surface area contributed by atoms with Gasteiger partial charge >= 0.3 is 0 Å². The molecule has 7 nitrogen and oxygen atoms in total.